The summed E-state index contributed by atoms with van der Waals surface area (Å²) in [5, 5.41) is 3.46. The van der Waals surface area contributed by atoms with Crippen molar-refractivity contribution in [3.8, 4) is 11.5 Å². The van der Waals surface area contributed by atoms with Gasteiger partial charge in [0.2, 0.25) is 0 Å². The van der Waals surface area contributed by atoms with Gasteiger partial charge in [-0.1, -0.05) is 12.1 Å². The molecule has 0 bridgehead atoms. The number of benzene rings is 1. The molecule has 0 aliphatic carbocycles. The van der Waals surface area contributed by atoms with Gasteiger partial charge in [0.15, 0.2) is 11.5 Å². The second-order valence-electron chi connectivity index (χ2n) is 6.02. The standard InChI is InChI=1S/C17H27N3O2/c1-21-16-4-2-3-5-17(16)22-13-12-19-8-10-20(11-9-19)15-6-7-18-14-15/h2-5,15,18H,6-14H2,1H3. The molecule has 2 fully saturated rings. The number of nitrogens with zero attached hydrogens (tertiary/aromatic N) is 2. The first-order valence-corrected chi connectivity index (χ1v) is 8.30. The highest BCUT2D eigenvalue weighted by Gasteiger charge is 2.25. The third-order valence-electron chi connectivity index (χ3n) is 4.69. The molecule has 1 unspecified atom stereocenters. The van der Waals surface area contributed by atoms with Crippen LogP contribution in [0, 0.1) is 0 Å². The van der Waals surface area contributed by atoms with Crippen LogP contribution in [0.3, 0.4) is 0 Å². The molecular weight excluding hydrogens is 278 g/mol. The lowest BCUT2D eigenvalue weighted by Crippen LogP contribution is -2.51. The van der Waals surface area contributed by atoms with E-state index in [0.29, 0.717) is 6.61 Å². The molecule has 5 nitrogen and oxygen atoms in total. The Kier molecular flexibility index (Phi) is 5.53. The zero-order valence-electron chi connectivity index (χ0n) is 13.5. The number of hydrogen-bond acceptors (Lipinski definition) is 5. The number of piperazine rings is 1. The smallest absolute Gasteiger partial charge is 0.161 e. The van der Waals surface area contributed by atoms with Crippen LogP contribution in [-0.4, -0.2) is 75.4 Å². The van der Waals surface area contributed by atoms with Gasteiger partial charge in [-0.25, -0.2) is 0 Å². The van der Waals surface area contributed by atoms with E-state index in [2.05, 4.69) is 15.1 Å². The molecular formula is C17H27N3O2. The Morgan fingerprint density at radius 2 is 1.91 bits per heavy atom. The molecule has 22 heavy (non-hydrogen) atoms. The van der Waals surface area contributed by atoms with E-state index in [4.69, 9.17) is 9.47 Å². The summed E-state index contributed by atoms with van der Waals surface area (Å²) in [6.45, 7) is 8.69. The predicted octanol–water partition coefficient (Wildman–Crippen LogP) is 1.05. The minimum atomic E-state index is 0.714. The fourth-order valence-electron chi connectivity index (χ4n) is 3.33. The highest BCUT2D eigenvalue weighted by Crippen LogP contribution is 2.25. The minimum Gasteiger partial charge on any atom is -0.493 e. The van der Waals surface area contributed by atoms with Crippen molar-refractivity contribution in [2.45, 2.75) is 12.5 Å². The molecule has 3 rings (SSSR count). The van der Waals surface area contributed by atoms with Crippen molar-refractivity contribution in [3.05, 3.63) is 24.3 Å². The van der Waals surface area contributed by atoms with Gasteiger partial charge in [-0.15, -0.1) is 0 Å². The number of para-hydroxylation sites is 2. The van der Waals surface area contributed by atoms with Crippen molar-refractivity contribution in [2.24, 2.45) is 0 Å². The van der Waals surface area contributed by atoms with Gasteiger partial charge in [-0.3, -0.25) is 9.80 Å². The molecule has 1 aromatic rings. The van der Waals surface area contributed by atoms with Crippen LogP contribution in [0.4, 0.5) is 0 Å². The summed E-state index contributed by atoms with van der Waals surface area (Å²) in [7, 11) is 1.68. The van der Waals surface area contributed by atoms with Crippen LogP contribution in [0.25, 0.3) is 0 Å². The maximum atomic E-state index is 5.87. The number of methoxy groups -OCH3 is 1. The van der Waals surface area contributed by atoms with Crippen LogP contribution in [0.15, 0.2) is 24.3 Å². The van der Waals surface area contributed by atoms with Crippen LogP contribution < -0.4 is 14.8 Å². The first kappa shape index (κ1) is 15.6. The average Bonchev–Trinajstić information content (AvgIpc) is 3.10. The Hall–Kier alpha value is -1.30. The third kappa shape index (κ3) is 3.91. The van der Waals surface area contributed by atoms with Crippen LogP contribution in [0.5, 0.6) is 11.5 Å². The van der Waals surface area contributed by atoms with Gasteiger partial charge in [0.25, 0.3) is 0 Å². The Morgan fingerprint density at radius 1 is 1.14 bits per heavy atom. The maximum Gasteiger partial charge on any atom is 0.161 e. The molecule has 5 heteroatoms. The first-order chi connectivity index (χ1) is 10.9. The van der Waals surface area contributed by atoms with E-state index < -0.39 is 0 Å². The van der Waals surface area contributed by atoms with Crippen LogP contribution in [0.1, 0.15) is 6.42 Å². The van der Waals surface area contributed by atoms with E-state index >= 15 is 0 Å². The van der Waals surface area contributed by atoms with Crippen LogP contribution in [0.2, 0.25) is 0 Å². The van der Waals surface area contributed by atoms with Crippen molar-refractivity contribution in [3.63, 3.8) is 0 Å². The maximum absolute atomic E-state index is 5.87. The molecule has 2 saturated heterocycles. The van der Waals surface area contributed by atoms with Crippen molar-refractivity contribution in [2.75, 3.05) is 59.5 Å². The fraction of sp³-hybridized carbons (Fsp3) is 0.647. The SMILES string of the molecule is COc1ccccc1OCCN1CCN(C2CCNC2)CC1. The largest absolute Gasteiger partial charge is 0.493 e. The Bertz CT molecular complexity index is 455. The van der Waals surface area contributed by atoms with Crippen LogP contribution >= 0.6 is 0 Å². The van der Waals surface area contributed by atoms with E-state index in [1.807, 2.05) is 24.3 Å². The van der Waals surface area contributed by atoms with E-state index in [0.717, 1.165) is 43.7 Å². The van der Waals surface area contributed by atoms with Gasteiger partial charge in [-0.05, 0) is 25.1 Å². The number of rotatable bonds is 6. The second-order valence-corrected chi connectivity index (χ2v) is 6.02. The molecule has 0 spiro atoms. The lowest BCUT2D eigenvalue weighted by atomic mass is 10.2. The summed E-state index contributed by atoms with van der Waals surface area (Å²) in [5.74, 6) is 1.64. The number of hydrogen-bond donors (Lipinski definition) is 1. The highest BCUT2D eigenvalue weighted by atomic mass is 16.5. The second kappa shape index (κ2) is 7.81. The lowest BCUT2D eigenvalue weighted by Gasteiger charge is -2.37. The number of nitrogens with one attached hydrogen (secondary N) is 1. The number of ether oxygens (including phenoxy) is 2. The monoisotopic (exact) mass is 305 g/mol. The van der Waals surface area contributed by atoms with Gasteiger partial charge in [-0.2, -0.15) is 0 Å². The Labute approximate surface area is 133 Å². The molecule has 0 radical (unpaired) electrons. The fourth-order valence-corrected chi connectivity index (χ4v) is 3.33. The molecule has 1 N–H and O–H groups in total. The van der Waals surface area contributed by atoms with Gasteiger partial charge in [0.05, 0.1) is 7.11 Å². The molecule has 0 saturated carbocycles. The van der Waals surface area contributed by atoms with Gasteiger partial charge in [0.1, 0.15) is 6.61 Å². The zero-order chi connectivity index (χ0) is 15.2. The van der Waals surface area contributed by atoms with Crippen molar-refractivity contribution < 1.29 is 9.47 Å². The Balaban J connectivity index is 1.38. The van der Waals surface area contributed by atoms with Crippen molar-refractivity contribution in [1.82, 2.24) is 15.1 Å². The average molecular weight is 305 g/mol. The summed E-state index contributed by atoms with van der Waals surface area (Å²) in [4.78, 5) is 5.13. The van der Waals surface area contributed by atoms with E-state index in [-0.39, 0.29) is 0 Å². The summed E-state index contributed by atoms with van der Waals surface area (Å²) in [6, 6.07) is 8.59. The molecule has 1 atom stereocenters. The summed E-state index contributed by atoms with van der Waals surface area (Å²) < 4.78 is 11.2. The van der Waals surface area contributed by atoms with Gasteiger partial charge >= 0.3 is 0 Å². The normalized spacial score (nSPS) is 23.6. The van der Waals surface area contributed by atoms with E-state index in [9.17, 15) is 0 Å². The molecule has 122 valence electrons. The lowest BCUT2D eigenvalue weighted by molar-refractivity contribution is 0.0917. The molecule has 2 heterocycles. The first-order valence-electron chi connectivity index (χ1n) is 8.30. The summed E-state index contributed by atoms with van der Waals surface area (Å²) >= 11 is 0. The Morgan fingerprint density at radius 3 is 2.59 bits per heavy atom. The molecule has 2 aliphatic rings. The summed E-state index contributed by atoms with van der Waals surface area (Å²) in [6.07, 6.45) is 1.30. The van der Waals surface area contributed by atoms with Gasteiger partial charge < -0.3 is 14.8 Å². The third-order valence-corrected chi connectivity index (χ3v) is 4.69. The van der Waals surface area contributed by atoms with E-state index in [1.165, 1.54) is 26.1 Å². The molecule has 0 amide bonds. The summed E-state index contributed by atoms with van der Waals surface area (Å²) in [5.41, 5.74) is 0. The highest BCUT2D eigenvalue weighted by molar-refractivity contribution is 5.39. The van der Waals surface area contributed by atoms with E-state index in [1.54, 1.807) is 7.11 Å². The quantitative estimate of drug-likeness (QED) is 0.850. The molecule has 0 aromatic heterocycles. The molecule has 1 aromatic carbocycles. The molecule has 2 aliphatic heterocycles. The van der Waals surface area contributed by atoms with Crippen LogP contribution in [-0.2, 0) is 0 Å². The van der Waals surface area contributed by atoms with Crippen molar-refractivity contribution >= 4 is 0 Å². The predicted molar refractivity (Wildman–Crippen MR) is 87.8 cm³/mol. The minimum absolute atomic E-state index is 0.714. The van der Waals surface area contributed by atoms with Crippen molar-refractivity contribution in [1.29, 1.82) is 0 Å². The topological polar surface area (TPSA) is 37.0 Å². The zero-order valence-corrected chi connectivity index (χ0v) is 13.5. The van der Waals surface area contributed by atoms with Gasteiger partial charge in [0, 0.05) is 45.3 Å².